The monoisotopic (exact) mass is 288 g/mol. The number of carbonyl (C=O) groups excluding carboxylic acids is 1. The quantitative estimate of drug-likeness (QED) is 0.239. The molecule has 5 heteroatoms. The van der Waals surface area contributed by atoms with E-state index in [0.717, 1.165) is 12.8 Å². The van der Waals surface area contributed by atoms with E-state index in [0.29, 0.717) is 32.8 Å². The summed E-state index contributed by atoms with van der Waals surface area (Å²) in [6, 6.07) is 0. The number of esters is 1. The highest BCUT2D eigenvalue weighted by Crippen LogP contribution is 2.18. The zero-order valence-electron chi connectivity index (χ0n) is 13.1. The van der Waals surface area contributed by atoms with Gasteiger partial charge in [-0.05, 0) is 40.5 Å². The van der Waals surface area contributed by atoms with Crippen molar-refractivity contribution in [2.45, 2.75) is 52.9 Å². The zero-order chi connectivity index (χ0) is 15.3. The maximum Gasteiger partial charge on any atom is 0.305 e. The van der Waals surface area contributed by atoms with Crippen molar-refractivity contribution in [2.24, 2.45) is 0 Å². The van der Waals surface area contributed by atoms with Crippen LogP contribution in [-0.2, 0) is 23.7 Å². The van der Waals surface area contributed by atoms with E-state index in [-0.39, 0.29) is 5.97 Å². The van der Waals surface area contributed by atoms with Crippen molar-refractivity contribution in [3.63, 3.8) is 0 Å². The van der Waals surface area contributed by atoms with Gasteiger partial charge in [-0.3, -0.25) is 4.79 Å². The normalized spacial score (nSPS) is 12.0. The Kier molecular flexibility index (Phi) is 11.3. The Balaban J connectivity index is 4.27. The summed E-state index contributed by atoms with van der Waals surface area (Å²) in [5, 5.41) is 0. The second kappa shape index (κ2) is 11.9. The summed E-state index contributed by atoms with van der Waals surface area (Å²) in [6.07, 6.45) is 5.58. The van der Waals surface area contributed by atoms with Gasteiger partial charge in [0.15, 0.2) is 0 Å². The van der Waals surface area contributed by atoms with E-state index in [1.165, 1.54) is 0 Å². The molecule has 118 valence electrons. The predicted molar refractivity (Wildman–Crippen MR) is 77.2 cm³/mol. The van der Waals surface area contributed by atoms with E-state index in [4.69, 9.17) is 18.9 Å². The van der Waals surface area contributed by atoms with Crippen LogP contribution >= 0.6 is 0 Å². The Morgan fingerprint density at radius 1 is 0.950 bits per heavy atom. The third kappa shape index (κ3) is 8.30. The first kappa shape index (κ1) is 19.1. The predicted octanol–water partition coefficient (Wildman–Crippen LogP) is 3.04. The van der Waals surface area contributed by atoms with Crippen LogP contribution in [0.3, 0.4) is 0 Å². The lowest BCUT2D eigenvalue weighted by Gasteiger charge is -2.29. The third-order valence-electron chi connectivity index (χ3n) is 2.42. The molecule has 0 N–H and O–H groups in total. The van der Waals surface area contributed by atoms with Crippen molar-refractivity contribution in [1.82, 2.24) is 0 Å². The van der Waals surface area contributed by atoms with Crippen LogP contribution in [-0.4, -0.2) is 38.4 Å². The number of unbranched alkanes of at least 4 members (excludes halogenated alkanes) is 1. The van der Waals surface area contributed by atoms with Gasteiger partial charge >= 0.3 is 11.9 Å². The molecule has 0 aromatic heterocycles. The van der Waals surface area contributed by atoms with Gasteiger partial charge in [-0.1, -0.05) is 6.08 Å². The Morgan fingerprint density at radius 2 is 1.50 bits per heavy atom. The minimum Gasteiger partial charge on any atom is -0.466 e. The number of hydrogen-bond donors (Lipinski definition) is 0. The van der Waals surface area contributed by atoms with Crippen LogP contribution < -0.4 is 0 Å². The van der Waals surface area contributed by atoms with Gasteiger partial charge in [0.05, 0.1) is 6.61 Å². The van der Waals surface area contributed by atoms with E-state index in [2.05, 4.69) is 0 Å². The highest BCUT2D eigenvalue weighted by atomic mass is 16.9. The van der Waals surface area contributed by atoms with Gasteiger partial charge in [0.2, 0.25) is 0 Å². The average Bonchev–Trinajstić information content (AvgIpc) is 2.39. The fraction of sp³-hybridized carbons (Fsp3) is 0.800. The van der Waals surface area contributed by atoms with Crippen LogP contribution in [0, 0.1) is 0 Å². The summed E-state index contributed by atoms with van der Waals surface area (Å²) >= 11 is 0. The molecule has 0 spiro atoms. The molecule has 0 amide bonds. The van der Waals surface area contributed by atoms with Crippen LogP contribution in [0.4, 0.5) is 0 Å². The highest BCUT2D eigenvalue weighted by molar-refractivity contribution is 5.69. The van der Waals surface area contributed by atoms with Crippen LogP contribution in [0.25, 0.3) is 0 Å². The first-order valence-corrected chi connectivity index (χ1v) is 7.39. The number of carbonyl (C=O) groups is 1. The third-order valence-corrected chi connectivity index (χ3v) is 2.42. The smallest absolute Gasteiger partial charge is 0.305 e. The van der Waals surface area contributed by atoms with Gasteiger partial charge in [0, 0.05) is 32.3 Å². The zero-order valence-corrected chi connectivity index (χ0v) is 13.1. The largest absolute Gasteiger partial charge is 0.466 e. The number of ether oxygens (including phenoxy) is 4. The summed E-state index contributed by atoms with van der Waals surface area (Å²) in [4.78, 5) is 11.2. The van der Waals surface area contributed by atoms with Crippen molar-refractivity contribution in [3.05, 3.63) is 12.2 Å². The Morgan fingerprint density at radius 3 is 1.95 bits per heavy atom. The van der Waals surface area contributed by atoms with Gasteiger partial charge in [0.25, 0.3) is 0 Å². The average molecular weight is 288 g/mol. The second-order valence-electron chi connectivity index (χ2n) is 4.00. The molecule has 0 bridgehead atoms. The van der Waals surface area contributed by atoms with Crippen LogP contribution in [0.1, 0.15) is 47.0 Å². The van der Waals surface area contributed by atoms with Crippen molar-refractivity contribution in [3.8, 4) is 0 Å². The first-order valence-electron chi connectivity index (χ1n) is 7.39. The number of hydrogen-bond acceptors (Lipinski definition) is 5. The van der Waals surface area contributed by atoms with E-state index >= 15 is 0 Å². The summed E-state index contributed by atoms with van der Waals surface area (Å²) < 4.78 is 21.5. The standard InChI is InChI=1S/C15H28O5/c1-5-17-14(16)12-10-9-11-13-15(18-6-2,19-7-3)20-8-4/h11,13H,5-10,12H2,1-4H3. The van der Waals surface area contributed by atoms with Crippen molar-refractivity contribution >= 4 is 5.97 Å². The summed E-state index contributed by atoms with van der Waals surface area (Å²) in [5.41, 5.74) is 0. The molecular weight excluding hydrogens is 260 g/mol. The van der Waals surface area contributed by atoms with E-state index in [9.17, 15) is 4.79 Å². The van der Waals surface area contributed by atoms with Crippen LogP contribution in [0.15, 0.2) is 12.2 Å². The molecule has 0 aromatic carbocycles. The van der Waals surface area contributed by atoms with Gasteiger partial charge in [-0.25, -0.2) is 0 Å². The van der Waals surface area contributed by atoms with Gasteiger partial charge in [-0.2, -0.15) is 0 Å². The lowest BCUT2D eigenvalue weighted by Crippen LogP contribution is -2.37. The molecule has 0 saturated carbocycles. The van der Waals surface area contributed by atoms with Crippen LogP contribution in [0.2, 0.25) is 0 Å². The Hall–Kier alpha value is -0.910. The molecule has 0 aromatic rings. The molecule has 5 nitrogen and oxygen atoms in total. The number of allylic oxidation sites excluding steroid dienone is 1. The molecule has 0 aliphatic rings. The maximum atomic E-state index is 11.2. The Bertz CT molecular complexity index is 258. The summed E-state index contributed by atoms with van der Waals surface area (Å²) in [6.45, 7) is 9.38. The highest BCUT2D eigenvalue weighted by Gasteiger charge is 2.28. The molecule has 0 radical (unpaired) electrons. The summed E-state index contributed by atoms with van der Waals surface area (Å²) in [5.74, 6) is -1.27. The van der Waals surface area contributed by atoms with E-state index in [1.54, 1.807) is 13.0 Å². The molecule has 0 fully saturated rings. The molecule has 0 atom stereocenters. The van der Waals surface area contributed by atoms with E-state index < -0.39 is 5.97 Å². The molecule has 0 aliphatic carbocycles. The topological polar surface area (TPSA) is 54.0 Å². The second-order valence-corrected chi connectivity index (χ2v) is 4.00. The molecule has 0 heterocycles. The van der Waals surface area contributed by atoms with Gasteiger partial charge < -0.3 is 18.9 Å². The Labute approximate surface area is 122 Å². The molecule has 0 unspecified atom stereocenters. The van der Waals surface area contributed by atoms with Crippen molar-refractivity contribution in [1.29, 1.82) is 0 Å². The fourth-order valence-corrected chi connectivity index (χ4v) is 1.70. The van der Waals surface area contributed by atoms with E-state index in [1.807, 2.05) is 26.8 Å². The maximum absolute atomic E-state index is 11.2. The molecule has 0 rings (SSSR count). The van der Waals surface area contributed by atoms with Crippen molar-refractivity contribution < 1.29 is 23.7 Å². The molecule has 0 saturated heterocycles. The minimum absolute atomic E-state index is 0.161. The lowest BCUT2D eigenvalue weighted by atomic mass is 10.2. The van der Waals surface area contributed by atoms with Crippen molar-refractivity contribution in [2.75, 3.05) is 26.4 Å². The minimum atomic E-state index is -1.11. The van der Waals surface area contributed by atoms with Gasteiger partial charge in [0.1, 0.15) is 0 Å². The fourth-order valence-electron chi connectivity index (χ4n) is 1.70. The van der Waals surface area contributed by atoms with Gasteiger partial charge in [-0.15, -0.1) is 0 Å². The SMILES string of the molecule is CCOC(=O)CCCC=CC(OCC)(OCC)OCC. The van der Waals surface area contributed by atoms with Crippen LogP contribution in [0.5, 0.6) is 0 Å². The molecule has 20 heavy (non-hydrogen) atoms. The molecule has 0 aliphatic heterocycles. The molecular formula is C15H28O5. The first-order chi connectivity index (χ1) is 9.64. The summed E-state index contributed by atoms with van der Waals surface area (Å²) in [7, 11) is 0. The lowest BCUT2D eigenvalue weighted by molar-refractivity contribution is -0.345. The number of rotatable bonds is 12.